The van der Waals surface area contributed by atoms with E-state index in [0.29, 0.717) is 24.4 Å². The topological polar surface area (TPSA) is 60.8 Å². The number of methoxy groups -OCH3 is 2. The van der Waals surface area contributed by atoms with Crippen molar-refractivity contribution < 1.29 is 19.2 Å². The Bertz CT molecular complexity index is 664. The second kappa shape index (κ2) is 6.38. The van der Waals surface area contributed by atoms with Crippen molar-refractivity contribution in [1.82, 2.24) is 4.98 Å². The van der Waals surface area contributed by atoms with E-state index in [4.69, 9.17) is 14.1 Å². The molecule has 1 fully saturated rings. The van der Waals surface area contributed by atoms with Crippen LogP contribution in [0.15, 0.2) is 36.5 Å². The maximum Gasteiger partial charge on any atom is 0.454 e. The van der Waals surface area contributed by atoms with Crippen LogP contribution in [0, 0.1) is 0 Å². The lowest BCUT2D eigenvalue weighted by molar-refractivity contribution is 0.292. The van der Waals surface area contributed by atoms with Crippen LogP contribution in [-0.4, -0.2) is 38.0 Å². The highest BCUT2D eigenvalue weighted by atomic mass is 16.5. The van der Waals surface area contributed by atoms with Gasteiger partial charge < -0.3 is 19.2 Å². The molecule has 6 heteroatoms. The molecule has 1 aromatic carbocycles. The first kappa shape index (κ1) is 14.9. The molecule has 0 saturated carbocycles. The summed E-state index contributed by atoms with van der Waals surface area (Å²) < 4.78 is 15.8. The van der Waals surface area contributed by atoms with E-state index in [9.17, 15) is 5.02 Å². The van der Waals surface area contributed by atoms with Crippen LogP contribution in [0.1, 0.15) is 11.5 Å². The van der Waals surface area contributed by atoms with E-state index in [2.05, 4.69) is 17.1 Å². The van der Waals surface area contributed by atoms with E-state index in [-0.39, 0.29) is 5.92 Å². The summed E-state index contributed by atoms with van der Waals surface area (Å²) in [5, 5.41) is 9.51. The van der Waals surface area contributed by atoms with Gasteiger partial charge >= 0.3 is 7.12 Å². The van der Waals surface area contributed by atoms with Crippen LogP contribution in [0.2, 0.25) is 6.32 Å². The predicted molar refractivity (Wildman–Crippen MR) is 84.2 cm³/mol. The highest BCUT2D eigenvalue weighted by Crippen LogP contribution is 2.33. The Balaban J connectivity index is 1.92. The fourth-order valence-corrected chi connectivity index (χ4v) is 2.69. The SMILES string of the molecule is COc1cnc(-c2cccc([C@H]3COB(O)C3)c2)cc1OC. The van der Waals surface area contributed by atoms with Gasteiger partial charge in [-0.3, -0.25) is 4.98 Å². The first-order valence-corrected chi connectivity index (χ1v) is 7.19. The Morgan fingerprint density at radius 1 is 1.23 bits per heavy atom. The standard InChI is InChI=1S/C16H18BNO4/c1-20-15-7-14(18-9-16(15)21-2)12-5-3-4-11(6-12)13-8-17(19)22-10-13/h3-7,9,13,19H,8,10H2,1-2H3/t13-/m1/s1. The minimum Gasteiger partial charge on any atom is -0.493 e. The third-order valence-electron chi connectivity index (χ3n) is 3.90. The summed E-state index contributed by atoms with van der Waals surface area (Å²) in [5.41, 5.74) is 2.96. The summed E-state index contributed by atoms with van der Waals surface area (Å²) in [4.78, 5) is 4.43. The zero-order valence-electron chi connectivity index (χ0n) is 12.7. The molecule has 0 aliphatic carbocycles. The molecule has 1 aliphatic heterocycles. The van der Waals surface area contributed by atoms with Gasteiger partial charge in [-0.1, -0.05) is 18.2 Å². The average molecular weight is 299 g/mol. The van der Waals surface area contributed by atoms with Crippen molar-refractivity contribution in [3.8, 4) is 22.8 Å². The number of benzene rings is 1. The van der Waals surface area contributed by atoms with Crippen molar-refractivity contribution in [3.05, 3.63) is 42.1 Å². The van der Waals surface area contributed by atoms with Crippen molar-refractivity contribution in [2.24, 2.45) is 0 Å². The molecule has 0 unspecified atom stereocenters. The molecule has 0 radical (unpaired) electrons. The first-order chi connectivity index (χ1) is 10.7. The summed E-state index contributed by atoms with van der Waals surface area (Å²) in [6.45, 7) is 0.546. The van der Waals surface area contributed by atoms with Crippen molar-refractivity contribution in [2.75, 3.05) is 20.8 Å². The molecule has 2 aromatic rings. The summed E-state index contributed by atoms with van der Waals surface area (Å²) in [6.07, 6.45) is 2.28. The van der Waals surface area contributed by atoms with Crippen LogP contribution in [-0.2, 0) is 4.65 Å². The Hall–Kier alpha value is -2.05. The molecule has 0 spiro atoms. The molecule has 1 atom stereocenters. The van der Waals surface area contributed by atoms with E-state index in [1.54, 1.807) is 20.4 Å². The van der Waals surface area contributed by atoms with Crippen molar-refractivity contribution >= 4 is 7.12 Å². The predicted octanol–water partition coefficient (Wildman–Crippen LogP) is 2.36. The molecule has 22 heavy (non-hydrogen) atoms. The van der Waals surface area contributed by atoms with E-state index < -0.39 is 7.12 Å². The Labute approximate surface area is 130 Å². The zero-order chi connectivity index (χ0) is 15.5. The lowest BCUT2D eigenvalue weighted by Crippen LogP contribution is -2.07. The van der Waals surface area contributed by atoms with Gasteiger partial charge in [-0.05, 0) is 17.9 Å². The van der Waals surface area contributed by atoms with Crippen LogP contribution >= 0.6 is 0 Å². The van der Waals surface area contributed by atoms with Gasteiger partial charge in [0.25, 0.3) is 0 Å². The van der Waals surface area contributed by atoms with Gasteiger partial charge in [0.2, 0.25) is 0 Å². The Kier molecular flexibility index (Phi) is 4.31. The Morgan fingerprint density at radius 2 is 2.05 bits per heavy atom. The molecular formula is C16H18BNO4. The average Bonchev–Trinajstić information content (AvgIpc) is 3.01. The van der Waals surface area contributed by atoms with Crippen molar-refractivity contribution in [3.63, 3.8) is 0 Å². The van der Waals surface area contributed by atoms with E-state index in [0.717, 1.165) is 16.8 Å². The van der Waals surface area contributed by atoms with Crippen LogP contribution in [0.4, 0.5) is 0 Å². The van der Waals surface area contributed by atoms with Gasteiger partial charge in [-0.15, -0.1) is 0 Å². The maximum absolute atomic E-state index is 9.51. The van der Waals surface area contributed by atoms with Crippen LogP contribution in [0.5, 0.6) is 11.5 Å². The molecule has 1 N–H and O–H groups in total. The number of ether oxygens (including phenoxy) is 2. The maximum atomic E-state index is 9.51. The lowest BCUT2D eigenvalue weighted by Gasteiger charge is -2.12. The quantitative estimate of drug-likeness (QED) is 0.878. The van der Waals surface area contributed by atoms with Gasteiger partial charge in [0.15, 0.2) is 11.5 Å². The third-order valence-corrected chi connectivity index (χ3v) is 3.90. The fourth-order valence-electron chi connectivity index (χ4n) is 2.69. The molecule has 5 nitrogen and oxygen atoms in total. The molecule has 0 bridgehead atoms. The number of hydrogen-bond acceptors (Lipinski definition) is 5. The number of hydrogen-bond donors (Lipinski definition) is 1. The number of pyridine rings is 1. The summed E-state index contributed by atoms with van der Waals surface area (Å²) >= 11 is 0. The second-order valence-electron chi connectivity index (χ2n) is 5.27. The first-order valence-electron chi connectivity index (χ1n) is 7.19. The summed E-state index contributed by atoms with van der Waals surface area (Å²) in [5.74, 6) is 1.47. The number of rotatable bonds is 4. The fraction of sp³-hybridized carbons (Fsp3) is 0.312. The minimum atomic E-state index is -0.659. The minimum absolute atomic E-state index is 0.218. The zero-order valence-corrected chi connectivity index (χ0v) is 12.7. The number of nitrogens with zero attached hydrogens (tertiary/aromatic N) is 1. The highest BCUT2D eigenvalue weighted by Gasteiger charge is 2.29. The summed E-state index contributed by atoms with van der Waals surface area (Å²) in [7, 11) is 2.54. The normalized spacial score (nSPS) is 17.6. The van der Waals surface area contributed by atoms with Gasteiger partial charge in [0.1, 0.15) is 0 Å². The van der Waals surface area contributed by atoms with Gasteiger partial charge in [0, 0.05) is 24.2 Å². The van der Waals surface area contributed by atoms with Crippen LogP contribution in [0.3, 0.4) is 0 Å². The monoisotopic (exact) mass is 299 g/mol. The number of aromatic nitrogens is 1. The van der Waals surface area contributed by atoms with E-state index in [1.807, 2.05) is 18.2 Å². The molecule has 114 valence electrons. The largest absolute Gasteiger partial charge is 0.493 e. The molecular weight excluding hydrogens is 281 g/mol. The smallest absolute Gasteiger partial charge is 0.454 e. The van der Waals surface area contributed by atoms with Gasteiger partial charge in [-0.25, -0.2) is 0 Å². The van der Waals surface area contributed by atoms with Crippen molar-refractivity contribution in [2.45, 2.75) is 12.2 Å². The van der Waals surface area contributed by atoms with Crippen LogP contribution < -0.4 is 9.47 Å². The second-order valence-corrected chi connectivity index (χ2v) is 5.27. The van der Waals surface area contributed by atoms with Crippen molar-refractivity contribution in [1.29, 1.82) is 0 Å². The third kappa shape index (κ3) is 2.93. The lowest BCUT2D eigenvalue weighted by atomic mass is 9.79. The summed E-state index contributed by atoms with van der Waals surface area (Å²) in [6, 6.07) is 9.99. The molecule has 0 amide bonds. The van der Waals surface area contributed by atoms with Gasteiger partial charge in [0.05, 0.1) is 26.1 Å². The molecule has 1 saturated heterocycles. The highest BCUT2D eigenvalue weighted by molar-refractivity contribution is 6.43. The Morgan fingerprint density at radius 3 is 2.73 bits per heavy atom. The van der Waals surface area contributed by atoms with Gasteiger partial charge in [-0.2, -0.15) is 0 Å². The van der Waals surface area contributed by atoms with E-state index >= 15 is 0 Å². The molecule has 1 aliphatic rings. The molecule has 3 rings (SSSR count). The molecule has 2 heterocycles. The van der Waals surface area contributed by atoms with E-state index in [1.165, 1.54) is 0 Å². The van der Waals surface area contributed by atoms with Crippen LogP contribution in [0.25, 0.3) is 11.3 Å². The molecule has 1 aromatic heterocycles.